The Labute approximate surface area is 193 Å². The Bertz CT molecular complexity index is 736. The van der Waals surface area contributed by atoms with Gasteiger partial charge in [0, 0.05) is 0 Å². The van der Waals surface area contributed by atoms with Crippen molar-refractivity contribution in [3.8, 4) is 0 Å². The first kappa shape index (κ1) is 24.2. The molecule has 0 aromatic rings. The maximum atomic E-state index is 11.6. The molecule has 4 aliphatic rings. The Morgan fingerprint density at radius 3 is 2.44 bits per heavy atom. The van der Waals surface area contributed by atoms with Crippen molar-refractivity contribution in [2.75, 3.05) is 0 Å². The molecule has 0 aromatic carbocycles. The van der Waals surface area contributed by atoms with Gasteiger partial charge in [0.15, 0.2) is 0 Å². The molecule has 0 saturated heterocycles. The van der Waals surface area contributed by atoms with Crippen LogP contribution < -0.4 is 0 Å². The lowest BCUT2D eigenvalue weighted by Gasteiger charge is -2.63. The van der Waals surface area contributed by atoms with Crippen LogP contribution in [0.2, 0.25) is 0 Å². The Balaban J connectivity index is 1.54. The minimum absolute atomic E-state index is 0.102. The fourth-order valence-electron chi connectivity index (χ4n) is 8.88. The second-order valence-corrected chi connectivity index (χ2v) is 12.3. The van der Waals surface area contributed by atoms with E-state index in [4.69, 9.17) is 5.11 Å². The first-order valence-corrected chi connectivity index (χ1v) is 12.9. The lowest BCUT2D eigenvalue weighted by atomic mass is 9.43. The summed E-state index contributed by atoms with van der Waals surface area (Å²) >= 11 is 0. The summed E-state index contributed by atoms with van der Waals surface area (Å²) < 4.78 is 0. The smallest absolute Gasteiger partial charge is 0.310 e. The van der Waals surface area contributed by atoms with Gasteiger partial charge in [0.1, 0.15) is 0 Å². The maximum absolute atomic E-state index is 11.6. The topological polar surface area (TPSA) is 98.0 Å². The van der Waals surface area contributed by atoms with Crippen LogP contribution in [0.1, 0.15) is 79.1 Å². The van der Waals surface area contributed by atoms with Gasteiger partial charge < -0.3 is 20.4 Å². The van der Waals surface area contributed by atoms with Crippen LogP contribution in [0.5, 0.6) is 0 Å². The van der Waals surface area contributed by atoms with Crippen LogP contribution in [-0.2, 0) is 4.79 Å². The molecule has 4 aliphatic carbocycles. The lowest BCUT2D eigenvalue weighted by Crippen LogP contribution is -2.62. The van der Waals surface area contributed by atoms with Crippen LogP contribution in [0.4, 0.5) is 0 Å². The first-order valence-electron chi connectivity index (χ1n) is 12.9. The maximum Gasteiger partial charge on any atom is 0.310 e. The van der Waals surface area contributed by atoms with Crippen molar-refractivity contribution in [2.24, 2.45) is 52.3 Å². The summed E-state index contributed by atoms with van der Waals surface area (Å²) in [4.78, 5) is 11.1. The van der Waals surface area contributed by atoms with E-state index >= 15 is 0 Å². The summed E-state index contributed by atoms with van der Waals surface area (Å²) in [5, 5.41) is 42.3. The molecule has 0 bridgehead atoms. The van der Waals surface area contributed by atoms with Crippen molar-refractivity contribution < 1.29 is 25.2 Å². The molecule has 5 heteroatoms. The molecule has 0 unspecified atom stereocenters. The van der Waals surface area contributed by atoms with Gasteiger partial charge in [-0.3, -0.25) is 4.79 Å². The van der Waals surface area contributed by atoms with Gasteiger partial charge in [-0.05, 0) is 105 Å². The molecule has 12 atom stereocenters. The molecule has 0 amide bonds. The molecule has 4 saturated carbocycles. The summed E-state index contributed by atoms with van der Waals surface area (Å²) in [6, 6.07) is 0. The van der Waals surface area contributed by atoms with Crippen molar-refractivity contribution in [3.05, 3.63) is 12.2 Å². The second kappa shape index (κ2) is 8.70. The number of aliphatic hydroxyl groups excluding tert-OH is 3. The zero-order valence-electron chi connectivity index (χ0n) is 20.3. The third-order valence-corrected chi connectivity index (χ3v) is 10.8. The summed E-state index contributed by atoms with van der Waals surface area (Å²) in [5.41, 5.74) is -0.101. The average Bonchev–Trinajstić information content (AvgIpc) is 3.08. The highest BCUT2D eigenvalue weighted by atomic mass is 16.4. The van der Waals surface area contributed by atoms with Gasteiger partial charge in [-0.15, -0.1) is 0 Å². The number of aliphatic carboxylic acids is 1. The zero-order valence-corrected chi connectivity index (χ0v) is 20.3. The van der Waals surface area contributed by atoms with E-state index in [1.807, 2.05) is 6.08 Å². The van der Waals surface area contributed by atoms with E-state index in [0.29, 0.717) is 29.6 Å². The molecule has 0 radical (unpaired) electrons. The predicted molar refractivity (Wildman–Crippen MR) is 124 cm³/mol. The number of carbonyl (C=O) groups is 1. The molecule has 0 aromatic heterocycles. The Kier molecular flexibility index (Phi) is 6.59. The van der Waals surface area contributed by atoms with Crippen LogP contribution in [0.3, 0.4) is 0 Å². The van der Waals surface area contributed by atoms with Crippen LogP contribution in [-0.4, -0.2) is 44.7 Å². The largest absolute Gasteiger partial charge is 0.481 e. The monoisotopic (exact) mass is 448 g/mol. The highest BCUT2D eigenvalue weighted by Gasteiger charge is 2.65. The SMILES string of the molecule is C[C@H](/C=C/C[C@H](C)[C@@H]1CC[C@@H]2[C@@H]3[C@H](O)C[C@@H]4C[C@H](O)CC[C@]4(C)[C@H]3C[C@H](O)[C@@]21C)C(=O)O. The Morgan fingerprint density at radius 2 is 1.75 bits per heavy atom. The van der Waals surface area contributed by atoms with Crippen molar-refractivity contribution in [3.63, 3.8) is 0 Å². The van der Waals surface area contributed by atoms with Gasteiger partial charge >= 0.3 is 5.97 Å². The molecule has 0 aliphatic heterocycles. The predicted octanol–water partition coefficient (Wildman–Crippen LogP) is 4.25. The number of allylic oxidation sites excluding steroid dienone is 1. The average molecular weight is 449 g/mol. The van der Waals surface area contributed by atoms with Gasteiger partial charge in [-0.2, -0.15) is 0 Å². The summed E-state index contributed by atoms with van der Waals surface area (Å²) in [5.74, 6) is 0.684. The number of carboxylic acid groups (broad SMARTS) is 1. The molecule has 32 heavy (non-hydrogen) atoms. The third-order valence-electron chi connectivity index (χ3n) is 10.8. The fraction of sp³-hybridized carbons (Fsp3) is 0.889. The van der Waals surface area contributed by atoms with Crippen molar-refractivity contribution in [2.45, 2.75) is 97.4 Å². The second-order valence-electron chi connectivity index (χ2n) is 12.3. The molecule has 0 spiro atoms. The standard InChI is InChI=1S/C27H44O5/c1-15(6-5-7-16(2)25(31)32)19-8-9-20-24-21(14-23(30)27(19,20)4)26(3)11-10-18(28)12-17(26)13-22(24)29/h5,7,15-24,28-30H,6,8-14H2,1-4H3,(H,31,32)/b7-5+/t15-,16+,17-,18+,19-,20+,21-,22+,23-,24-,26-,27+/m0/s1. The number of rotatable bonds is 5. The molecule has 4 rings (SSSR count). The van der Waals surface area contributed by atoms with E-state index in [-0.39, 0.29) is 35.1 Å². The molecule has 4 fully saturated rings. The van der Waals surface area contributed by atoms with Crippen LogP contribution in [0, 0.1) is 52.3 Å². The van der Waals surface area contributed by atoms with Crippen LogP contribution in [0.25, 0.3) is 0 Å². The Hall–Kier alpha value is -0.910. The van der Waals surface area contributed by atoms with E-state index < -0.39 is 11.9 Å². The number of carboxylic acids is 1. The van der Waals surface area contributed by atoms with Gasteiger partial charge in [-0.25, -0.2) is 0 Å². The van der Waals surface area contributed by atoms with Crippen molar-refractivity contribution >= 4 is 5.97 Å². The lowest BCUT2D eigenvalue weighted by molar-refractivity contribution is -0.206. The van der Waals surface area contributed by atoms with E-state index in [9.17, 15) is 20.1 Å². The van der Waals surface area contributed by atoms with Gasteiger partial charge in [0.25, 0.3) is 0 Å². The summed E-state index contributed by atoms with van der Waals surface area (Å²) in [7, 11) is 0. The number of fused-ring (bicyclic) bond motifs is 5. The Morgan fingerprint density at radius 1 is 1.03 bits per heavy atom. The molecule has 0 heterocycles. The summed E-state index contributed by atoms with van der Waals surface area (Å²) in [6.45, 7) is 8.57. The first-order chi connectivity index (χ1) is 15.0. The molecular weight excluding hydrogens is 404 g/mol. The van der Waals surface area contributed by atoms with Crippen molar-refractivity contribution in [1.29, 1.82) is 0 Å². The molecule has 4 N–H and O–H groups in total. The van der Waals surface area contributed by atoms with E-state index in [2.05, 4.69) is 20.8 Å². The van der Waals surface area contributed by atoms with E-state index in [1.165, 1.54) is 0 Å². The quantitative estimate of drug-likeness (QED) is 0.471. The highest BCUT2D eigenvalue weighted by molar-refractivity contribution is 5.71. The molecule has 182 valence electrons. The minimum Gasteiger partial charge on any atom is -0.481 e. The van der Waals surface area contributed by atoms with E-state index in [1.54, 1.807) is 13.0 Å². The molecule has 5 nitrogen and oxygen atoms in total. The van der Waals surface area contributed by atoms with E-state index in [0.717, 1.165) is 51.4 Å². The van der Waals surface area contributed by atoms with Crippen LogP contribution >= 0.6 is 0 Å². The minimum atomic E-state index is -0.802. The van der Waals surface area contributed by atoms with Gasteiger partial charge in [0.2, 0.25) is 0 Å². The highest BCUT2D eigenvalue weighted by Crippen LogP contribution is 2.68. The molecular formula is C27H44O5. The van der Waals surface area contributed by atoms with Crippen LogP contribution in [0.15, 0.2) is 12.2 Å². The number of hydrogen-bond acceptors (Lipinski definition) is 4. The summed E-state index contributed by atoms with van der Waals surface area (Å²) in [6.07, 6.45) is 9.93. The fourth-order valence-corrected chi connectivity index (χ4v) is 8.88. The normalized spacial score (nSPS) is 50.3. The van der Waals surface area contributed by atoms with Gasteiger partial charge in [-0.1, -0.05) is 32.9 Å². The number of hydrogen-bond donors (Lipinski definition) is 4. The third kappa shape index (κ3) is 3.76. The number of aliphatic hydroxyl groups is 3. The zero-order chi connectivity index (χ0) is 23.4. The van der Waals surface area contributed by atoms with Crippen molar-refractivity contribution in [1.82, 2.24) is 0 Å². The van der Waals surface area contributed by atoms with Gasteiger partial charge in [0.05, 0.1) is 24.2 Å².